The van der Waals surface area contributed by atoms with Crippen molar-refractivity contribution in [3.8, 4) is 5.75 Å². The number of ketones is 1. The van der Waals surface area contributed by atoms with Crippen molar-refractivity contribution < 1.29 is 23.9 Å². The molecule has 1 N–H and O–H groups in total. The first-order valence-electron chi connectivity index (χ1n) is 9.68. The number of ether oxygens (including phenoxy) is 2. The fraction of sp³-hybridized carbons (Fsp3) is 0.348. The van der Waals surface area contributed by atoms with Crippen LogP contribution in [0, 0.1) is 6.92 Å². The molecule has 1 aliphatic rings. The van der Waals surface area contributed by atoms with Crippen LogP contribution in [0.4, 0.5) is 5.69 Å². The summed E-state index contributed by atoms with van der Waals surface area (Å²) in [6, 6.07) is 10.9. The van der Waals surface area contributed by atoms with Crippen molar-refractivity contribution >= 4 is 23.3 Å². The predicted octanol–water partition coefficient (Wildman–Crippen LogP) is 3.81. The number of rotatable bonds is 7. The second-order valence-electron chi connectivity index (χ2n) is 7.49. The Bertz CT molecular complexity index is 948. The Hall–Kier alpha value is -3.15. The van der Waals surface area contributed by atoms with Crippen molar-refractivity contribution in [1.29, 1.82) is 0 Å². The summed E-state index contributed by atoms with van der Waals surface area (Å²) in [7, 11) is 0. The van der Waals surface area contributed by atoms with Gasteiger partial charge in [-0.15, -0.1) is 0 Å². The molecule has 0 aromatic heterocycles. The Balaban J connectivity index is 1.54. The van der Waals surface area contributed by atoms with Gasteiger partial charge >= 0.3 is 5.97 Å². The van der Waals surface area contributed by atoms with Crippen molar-refractivity contribution in [2.45, 2.75) is 39.5 Å². The molecule has 6 heteroatoms. The van der Waals surface area contributed by atoms with Gasteiger partial charge in [0.15, 0.2) is 19.0 Å². The van der Waals surface area contributed by atoms with E-state index in [4.69, 9.17) is 9.47 Å². The predicted molar refractivity (Wildman–Crippen MR) is 109 cm³/mol. The topological polar surface area (TPSA) is 81.7 Å². The van der Waals surface area contributed by atoms with Crippen LogP contribution < -0.4 is 10.1 Å². The molecule has 0 bridgehead atoms. The maximum absolute atomic E-state index is 12.4. The quantitative estimate of drug-likeness (QED) is 0.569. The van der Waals surface area contributed by atoms with Gasteiger partial charge in [0.05, 0.1) is 0 Å². The minimum Gasteiger partial charge on any atom is -0.482 e. The number of benzene rings is 2. The molecule has 0 fully saturated rings. The number of amides is 1. The first-order chi connectivity index (χ1) is 13.8. The van der Waals surface area contributed by atoms with Crippen molar-refractivity contribution in [1.82, 2.24) is 0 Å². The molecule has 0 radical (unpaired) electrons. The van der Waals surface area contributed by atoms with Gasteiger partial charge in [-0.25, -0.2) is 4.79 Å². The van der Waals surface area contributed by atoms with E-state index in [0.717, 1.165) is 22.4 Å². The summed E-state index contributed by atoms with van der Waals surface area (Å²) in [6.07, 6.45) is 0.985. The van der Waals surface area contributed by atoms with E-state index in [1.54, 1.807) is 18.2 Å². The van der Waals surface area contributed by atoms with Crippen LogP contribution in [0.2, 0.25) is 0 Å². The molecule has 0 atom stereocenters. The summed E-state index contributed by atoms with van der Waals surface area (Å²) in [5, 5.41) is 2.77. The Labute approximate surface area is 170 Å². The van der Waals surface area contributed by atoms with Gasteiger partial charge in [0.2, 0.25) is 5.91 Å². The molecule has 0 saturated heterocycles. The molecule has 1 heterocycles. The Kier molecular flexibility index (Phi) is 6.32. The molecule has 29 heavy (non-hydrogen) atoms. The van der Waals surface area contributed by atoms with Crippen molar-refractivity contribution in [3.63, 3.8) is 0 Å². The van der Waals surface area contributed by atoms with Crippen LogP contribution in [0.5, 0.6) is 5.75 Å². The zero-order valence-electron chi connectivity index (χ0n) is 16.9. The second kappa shape index (κ2) is 8.90. The number of Topliss-reactive ketones (excluding diaryl/α,β-unsaturated/α-hetero) is 1. The van der Waals surface area contributed by atoms with Crippen LogP contribution in [0.3, 0.4) is 0 Å². The molecule has 2 aromatic rings. The summed E-state index contributed by atoms with van der Waals surface area (Å²) in [5.41, 5.74) is 4.14. The van der Waals surface area contributed by atoms with Crippen LogP contribution in [-0.4, -0.2) is 30.9 Å². The molecule has 0 unspecified atom stereocenters. The maximum atomic E-state index is 12.4. The average molecular weight is 395 g/mol. The molecular formula is C23H25NO5. The van der Waals surface area contributed by atoms with Gasteiger partial charge in [-0.2, -0.15) is 0 Å². The smallest absolute Gasteiger partial charge is 0.344 e. The Morgan fingerprint density at radius 3 is 2.62 bits per heavy atom. The van der Waals surface area contributed by atoms with Crippen molar-refractivity contribution in [2.75, 3.05) is 18.5 Å². The van der Waals surface area contributed by atoms with E-state index in [1.165, 1.54) is 0 Å². The van der Waals surface area contributed by atoms with Gasteiger partial charge in [0, 0.05) is 17.7 Å². The summed E-state index contributed by atoms with van der Waals surface area (Å²) in [5.74, 6) is -0.00648. The highest BCUT2D eigenvalue weighted by Gasteiger charge is 2.18. The highest BCUT2D eigenvalue weighted by Crippen LogP contribution is 2.27. The molecule has 152 valence electrons. The molecule has 0 spiro atoms. The zero-order chi connectivity index (χ0) is 21.0. The lowest BCUT2D eigenvalue weighted by Crippen LogP contribution is -2.21. The Morgan fingerprint density at radius 2 is 1.86 bits per heavy atom. The number of hydrogen-bond donors (Lipinski definition) is 1. The van der Waals surface area contributed by atoms with Gasteiger partial charge in [0.25, 0.3) is 0 Å². The molecule has 0 aliphatic carbocycles. The molecular weight excluding hydrogens is 370 g/mol. The van der Waals surface area contributed by atoms with Crippen LogP contribution in [0.25, 0.3) is 0 Å². The van der Waals surface area contributed by atoms with Gasteiger partial charge in [-0.1, -0.05) is 26.0 Å². The number of carbonyl (C=O) groups is 3. The summed E-state index contributed by atoms with van der Waals surface area (Å²) in [6.45, 7) is 5.46. The minimum atomic E-state index is -0.597. The fourth-order valence-corrected chi connectivity index (χ4v) is 3.21. The van der Waals surface area contributed by atoms with Crippen LogP contribution >= 0.6 is 0 Å². The first-order valence-corrected chi connectivity index (χ1v) is 9.68. The summed E-state index contributed by atoms with van der Waals surface area (Å²) >= 11 is 0. The van der Waals surface area contributed by atoms with E-state index in [0.29, 0.717) is 24.2 Å². The summed E-state index contributed by atoms with van der Waals surface area (Å²) in [4.78, 5) is 35.8. The molecule has 0 saturated carbocycles. The highest BCUT2D eigenvalue weighted by atomic mass is 16.6. The lowest BCUT2D eigenvalue weighted by atomic mass is 9.99. The molecule has 1 aliphatic heterocycles. The standard InChI is InChI=1S/C23H25NO5/c1-14(2)18-7-4-15(3)10-21(18)28-13-23(27)29-12-20(25)17-5-8-19-16(11-17)6-9-22(26)24-19/h4-5,7-8,10-11,14H,6,9,12-13H2,1-3H3,(H,24,26). The average Bonchev–Trinajstić information content (AvgIpc) is 2.69. The van der Waals surface area contributed by atoms with Gasteiger partial charge in [-0.3, -0.25) is 9.59 Å². The van der Waals surface area contributed by atoms with Crippen molar-refractivity contribution in [3.05, 3.63) is 58.7 Å². The third-order valence-electron chi connectivity index (χ3n) is 4.82. The van der Waals surface area contributed by atoms with Crippen LogP contribution in [-0.2, 0) is 20.7 Å². The van der Waals surface area contributed by atoms with Crippen LogP contribution in [0.15, 0.2) is 36.4 Å². The SMILES string of the molecule is Cc1ccc(C(C)C)c(OCC(=O)OCC(=O)c2ccc3c(c2)CCC(=O)N3)c1. The number of aryl methyl sites for hydroxylation is 2. The molecule has 2 aromatic carbocycles. The van der Waals surface area contributed by atoms with Crippen LogP contribution in [0.1, 0.15) is 53.2 Å². The Morgan fingerprint density at radius 1 is 1.07 bits per heavy atom. The first kappa shape index (κ1) is 20.6. The zero-order valence-corrected chi connectivity index (χ0v) is 16.9. The number of anilines is 1. The third-order valence-corrected chi connectivity index (χ3v) is 4.82. The normalized spacial score (nSPS) is 12.9. The van der Waals surface area contributed by atoms with Gasteiger partial charge in [0.1, 0.15) is 5.75 Å². The second-order valence-corrected chi connectivity index (χ2v) is 7.49. The molecule has 3 rings (SSSR count). The van der Waals surface area contributed by atoms with Gasteiger partial charge < -0.3 is 14.8 Å². The monoisotopic (exact) mass is 395 g/mol. The fourth-order valence-electron chi connectivity index (χ4n) is 3.21. The van der Waals surface area contributed by atoms with E-state index in [-0.39, 0.29) is 30.8 Å². The largest absolute Gasteiger partial charge is 0.482 e. The third kappa shape index (κ3) is 5.22. The van der Waals surface area contributed by atoms with Crippen molar-refractivity contribution in [2.24, 2.45) is 0 Å². The molecule has 1 amide bonds. The van der Waals surface area contributed by atoms with E-state index < -0.39 is 5.97 Å². The minimum absolute atomic E-state index is 0.0280. The number of hydrogen-bond acceptors (Lipinski definition) is 5. The number of carbonyl (C=O) groups excluding carboxylic acids is 3. The van der Waals surface area contributed by atoms with Gasteiger partial charge in [-0.05, 0) is 60.2 Å². The van der Waals surface area contributed by atoms with E-state index in [1.807, 2.05) is 25.1 Å². The van der Waals surface area contributed by atoms with E-state index in [2.05, 4.69) is 19.2 Å². The maximum Gasteiger partial charge on any atom is 0.344 e. The number of fused-ring (bicyclic) bond motifs is 1. The van der Waals surface area contributed by atoms with E-state index >= 15 is 0 Å². The molecule has 6 nitrogen and oxygen atoms in total. The lowest BCUT2D eigenvalue weighted by Gasteiger charge is -2.17. The highest BCUT2D eigenvalue weighted by molar-refractivity contribution is 6.00. The lowest BCUT2D eigenvalue weighted by molar-refractivity contribution is -0.144. The number of nitrogens with one attached hydrogen (secondary N) is 1. The van der Waals surface area contributed by atoms with E-state index in [9.17, 15) is 14.4 Å². The summed E-state index contributed by atoms with van der Waals surface area (Å²) < 4.78 is 10.7. The number of esters is 1.